The SMILES string of the molecule is [CH2-]C(N)SCC.[W]. The Kier molecular flexibility index (Phi) is 10.9. The van der Waals surface area contributed by atoms with Gasteiger partial charge in [0.2, 0.25) is 0 Å². The summed E-state index contributed by atoms with van der Waals surface area (Å²) in [4.78, 5) is 0. The van der Waals surface area contributed by atoms with Gasteiger partial charge in [0.1, 0.15) is 0 Å². The van der Waals surface area contributed by atoms with Crippen LogP contribution in [-0.2, 0) is 21.1 Å². The summed E-state index contributed by atoms with van der Waals surface area (Å²) in [6.07, 6.45) is 0. The average molecular weight is 288 g/mol. The summed E-state index contributed by atoms with van der Waals surface area (Å²) < 4.78 is 0. The zero-order chi connectivity index (χ0) is 4.99. The molecule has 0 aliphatic rings. The Balaban J connectivity index is 0. The first kappa shape index (κ1) is 10.9. The van der Waals surface area contributed by atoms with Gasteiger partial charge in [-0.2, -0.15) is 11.8 Å². The first-order chi connectivity index (χ1) is 2.77. The van der Waals surface area contributed by atoms with Crippen LogP contribution in [0.4, 0.5) is 0 Å². The Morgan fingerprint density at radius 2 is 2.29 bits per heavy atom. The minimum atomic E-state index is 0. The van der Waals surface area contributed by atoms with Gasteiger partial charge >= 0.3 is 0 Å². The Morgan fingerprint density at radius 1 is 1.86 bits per heavy atom. The summed E-state index contributed by atoms with van der Waals surface area (Å²) in [5, 5.41) is 0.0648. The van der Waals surface area contributed by atoms with Gasteiger partial charge in [0.15, 0.2) is 0 Å². The van der Waals surface area contributed by atoms with Crippen molar-refractivity contribution in [2.75, 3.05) is 5.75 Å². The van der Waals surface area contributed by atoms with Crippen molar-refractivity contribution in [2.45, 2.75) is 12.3 Å². The van der Waals surface area contributed by atoms with E-state index in [1.54, 1.807) is 11.8 Å². The summed E-state index contributed by atoms with van der Waals surface area (Å²) >= 11 is 1.65. The van der Waals surface area contributed by atoms with E-state index in [9.17, 15) is 0 Å². The molecule has 2 N–H and O–H groups in total. The molecule has 0 amide bonds. The van der Waals surface area contributed by atoms with Crippen LogP contribution < -0.4 is 5.73 Å². The molecule has 0 aromatic rings. The zero-order valence-electron chi connectivity index (χ0n) is 4.39. The Labute approximate surface area is 63.7 Å². The van der Waals surface area contributed by atoms with Crippen LogP contribution >= 0.6 is 11.8 Å². The largest absolute Gasteiger partial charge is 0.348 e. The molecule has 3 heteroatoms. The number of rotatable bonds is 2. The third-order valence-corrected chi connectivity index (χ3v) is 1.14. The maximum absolute atomic E-state index is 5.25. The van der Waals surface area contributed by atoms with Crippen molar-refractivity contribution in [1.82, 2.24) is 0 Å². The maximum atomic E-state index is 5.25. The molecule has 7 heavy (non-hydrogen) atoms. The van der Waals surface area contributed by atoms with Crippen molar-refractivity contribution in [3.8, 4) is 0 Å². The van der Waals surface area contributed by atoms with Crippen LogP contribution in [0.2, 0.25) is 0 Å². The molecule has 0 radical (unpaired) electrons. The first-order valence-electron chi connectivity index (χ1n) is 1.97. The summed E-state index contributed by atoms with van der Waals surface area (Å²) in [5.41, 5.74) is 5.25. The molecule has 0 aromatic carbocycles. The van der Waals surface area contributed by atoms with Crippen LogP contribution in [0.1, 0.15) is 6.92 Å². The Hall–Kier alpha value is 0.998. The van der Waals surface area contributed by atoms with Gasteiger partial charge in [0.25, 0.3) is 0 Å². The molecule has 0 fully saturated rings. The molecule has 0 aliphatic carbocycles. The van der Waals surface area contributed by atoms with E-state index in [2.05, 4.69) is 13.8 Å². The maximum Gasteiger partial charge on any atom is 0 e. The number of thioether (sulfide) groups is 1. The molecule has 0 saturated carbocycles. The molecule has 0 spiro atoms. The number of hydrogen-bond acceptors (Lipinski definition) is 2. The van der Waals surface area contributed by atoms with Gasteiger partial charge in [-0.05, 0) is 5.75 Å². The van der Waals surface area contributed by atoms with Gasteiger partial charge in [0.05, 0.1) is 0 Å². The normalized spacial score (nSPS) is 12.4. The second-order valence-corrected chi connectivity index (χ2v) is 2.51. The minimum Gasteiger partial charge on any atom is -0.348 e. The Morgan fingerprint density at radius 3 is 2.29 bits per heavy atom. The minimum absolute atomic E-state index is 0. The van der Waals surface area contributed by atoms with Crippen molar-refractivity contribution in [3.63, 3.8) is 0 Å². The van der Waals surface area contributed by atoms with E-state index < -0.39 is 0 Å². The van der Waals surface area contributed by atoms with E-state index in [1.807, 2.05) is 0 Å². The van der Waals surface area contributed by atoms with Gasteiger partial charge in [-0.15, -0.1) is 0 Å². The standard InChI is InChI=1S/C4H10NS.W/c1-3-6-4(2)5;/h4H,2-3,5H2,1H3;/q-1;. The predicted octanol–water partition coefficient (Wildman–Crippen LogP) is 0.856. The van der Waals surface area contributed by atoms with E-state index in [-0.39, 0.29) is 26.4 Å². The van der Waals surface area contributed by atoms with Crippen LogP contribution in [0, 0.1) is 6.92 Å². The van der Waals surface area contributed by atoms with Crippen molar-refractivity contribution >= 4 is 11.8 Å². The fraction of sp³-hybridized carbons (Fsp3) is 0.750. The predicted molar refractivity (Wildman–Crippen MR) is 31.5 cm³/mol. The van der Waals surface area contributed by atoms with Crippen LogP contribution in [-0.4, -0.2) is 11.1 Å². The van der Waals surface area contributed by atoms with Crippen molar-refractivity contribution in [3.05, 3.63) is 6.92 Å². The van der Waals surface area contributed by atoms with Crippen LogP contribution in [0.3, 0.4) is 0 Å². The quantitative estimate of drug-likeness (QED) is 0.602. The van der Waals surface area contributed by atoms with E-state index in [0.29, 0.717) is 0 Å². The second kappa shape index (κ2) is 7.00. The monoisotopic (exact) mass is 288 g/mol. The zero-order valence-corrected chi connectivity index (χ0v) is 8.14. The molecule has 0 heterocycles. The van der Waals surface area contributed by atoms with Crippen LogP contribution in [0.25, 0.3) is 0 Å². The molecule has 0 bridgehead atoms. The van der Waals surface area contributed by atoms with E-state index in [4.69, 9.17) is 5.73 Å². The van der Waals surface area contributed by atoms with E-state index >= 15 is 0 Å². The second-order valence-electron chi connectivity index (χ2n) is 0.994. The van der Waals surface area contributed by atoms with Gasteiger partial charge in [-0.25, -0.2) is 0 Å². The molecule has 0 aromatic heterocycles. The van der Waals surface area contributed by atoms with Crippen molar-refractivity contribution in [1.29, 1.82) is 0 Å². The van der Waals surface area contributed by atoms with Crippen molar-refractivity contribution < 1.29 is 21.1 Å². The van der Waals surface area contributed by atoms with Crippen LogP contribution in [0.15, 0.2) is 0 Å². The molecule has 0 rings (SSSR count). The molecule has 44 valence electrons. The molecule has 1 atom stereocenters. The Bertz CT molecular complexity index is 32.9. The fourth-order valence-corrected chi connectivity index (χ4v) is 0.642. The van der Waals surface area contributed by atoms with Gasteiger partial charge in [-0.1, -0.05) is 12.3 Å². The summed E-state index contributed by atoms with van der Waals surface area (Å²) in [5.74, 6) is 1.06. The molecular formula is C4H10NSW-. The molecular weight excluding hydrogens is 278 g/mol. The summed E-state index contributed by atoms with van der Waals surface area (Å²) in [6, 6.07) is 0. The molecule has 1 nitrogen and oxygen atoms in total. The molecule has 0 saturated heterocycles. The first-order valence-corrected chi connectivity index (χ1v) is 3.02. The smallest absolute Gasteiger partial charge is 0 e. The van der Waals surface area contributed by atoms with Gasteiger partial charge < -0.3 is 12.7 Å². The van der Waals surface area contributed by atoms with Gasteiger partial charge in [-0.3, -0.25) is 0 Å². The third-order valence-electron chi connectivity index (χ3n) is 0.381. The van der Waals surface area contributed by atoms with Crippen LogP contribution in [0.5, 0.6) is 0 Å². The number of nitrogens with two attached hydrogens (primary N) is 1. The van der Waals surface area contributed by atoms with E-state index in [0.717, 1.165) is 5.75 Å². The molecule has 0 aliphatic heterocycles. The summed E-state index contributed by atoms with van der Waals surface area (Å²) in [6.45, 7) is 5.63. The summed E-state index contributed by atoms with van der Waals surface area (Å²) in [7, 11) is 0. The number of hydrogen-bond donors (Lipinski definition) is 1. The van der Waals surface area contributed by atoms with Crippen molar-refractivity contribution in [2.24, 2.45) is 5.73 Å². The van der Waals surface area contributed by atoms with Gasteiger partial charge in [0, 0.05) is 21.1 Å². The molecule has 1 unspecified atom stereocenters. The third kappa shape index (κ3) is 10.9. The van der Waals surface area contributed by atoms with E-state index in [1.165, 1.54) is 0 Å². The topological polar surface area (TPSA) is 26.0 Å². The average Bonchev–Trinajstić information content (AvgIpc) is 1.35. The fourth-order valence-electron chi connectivity index (χ4n) is 0.214.